The summed E-state index contributed by atoms with van der Waals surface area (Å²) in [5.41, 5.74) is 1.75. The van der Waals surface area contributed by atoms with Crippen LogP contribution in [0.3, 0.4) is 0 Å². The zero-order chi connectivity index (χ0) is 17.8. The van der Waals surface area contributed by atoms with E-state index in [0.29, 0.717) is 18.7 Å². The molecule has 0 bridgehead atoms. The van der Waals surface area contributed by atoms with Crippen molar-refractivity contribution in [3.05, 3.63) is 34.4 Å². The molecule has 0 spiro atoms. The van der Waals surface area contributed by atoms with Gasteiger partial charge in [0.25, 0.3) is 5.91 Å². The van der Waals surface area contributed by atoms with Crippen molar-refractivity contribution in [2.45, 2.75) is 13.0 Å². The highest BCUT2D eigenvalue weighted by molar-refractivity contribution is 9.10. The summed E-state index contributed by atoms with van der Waals surface area (Å²) in [6.45, 7) is 3.99. The molecule has 1 aromatic heterocycles. The van der Waals surface area contributed by atoms with Gasteiger partial charge in [-0.15, -0.1) is 0 Å². The zero-order valence-corrected chi connectivity index (χ0v) is 16.3. The van der Waals surface area contributed by atoms with E-state index in [1.165, 1.54) is 0 Å². The van der Waals surface area contributed by atoms with E-state index in [-0.39, 0.29) is 5.91 Å². The number of nitrogens with one attached hydrogen (secondary N) is 2. The maximum atomic E-state index is 12.6. The number of amides is 1. The first-order valence-electron chi connectivity index (χ1n) is 8.53. The van der Waals surface area contributed by atoms with E-state index in [1.54, 1.807) is 0 Å². The van der Waals surface area contributed by atoms with Crippen LogP contribution < -0.4 is 10.6 Å². The fraction of sp³-hybridized carbons (Fsp3) is 0.444. The highest BCUT2D eigenvalue weighted by Gasteiger charge is 2.17. The molecule has 1 aromatic carbocycles. The molecule has 1 aliphatic rings. The summed E-state index contributed by atoms with van der Waals surface area (Å²) in [5.74, 6) is 0.945. The van der Waals surface area contributed by atoms with E-state index in [0.717, 1.165) is 47.3 Å². The van der Waals surface area contributed by atoms with E-state index in [9.17, 15) is 4.79 Å². The topological polar surface area (TPSA) is 61.7 Å². The van der Waals surface area contributed by atoms with Crippen LogP contribution in [0.1, 0.15) is 16.8 Å². The minimum absolute atomic E-state index is 0.0221. The number of benzene rings is 1. The molecule has 0 fully saturated rings. The molecular weight excluding hydrogens is 382 g/mol. The minimum atomic E-state index is -0.0221. The Bertz CT molecular complexity index is 796. The molecule has 0 saturated heterocycles. The fourth-order valence-corrected chi connectivity index (χ4v) is 3.33. The molecule has 25 heavy (non-hydrogen) atoms. The molecule has 0 saturated carbocycles. The third-order valence-corrected chi connectivity index (χ3v) is 4.71. The number of carbonyl (C=O) groups excluding carboxylic acids is 1. The van der Waals surface area contributed by atoms with E-state index in [1.807, 2.05) is 38.5 Å². The Morgan fingerprint density at radius 2 is 2.28 bits per heavy atom. The maximum Gasteiger partial charge on any atom is 0.253 e. The molecule has 2 heterocycles. The lowest BCUT2D eigenvalue weighted by Crippen LogP contribution is -2.27. The van der Waals surface area contributed by atoms with Gasteiger partial charge in [0.1, 0.15) is 5.84 Å². The van der Waals surface area contributed by atoms with Crippen molar-refractivity contribution in [1.82, 2.24) is 20.1 Å². The number of rotatable bonds is 7. The molecule has 1 amide bonds. The second-order valence-electron chi connectivity index (χ2n) is 6.50. The average molecular weight is 406 g/mol. The number of aromatic nitrogens is 1. The Hall–Kier alpha value is -1.86. The minimum Gasteiger partial charge on any atom is -0.370 e. The predicted octanol–water partition coefficient (Wildman–Crippen LogP) is 2.09. The molecular formula is C18H24BrN5O. The summed E-state index contributed by atoms with van der Waals surface area (Å²) in [6, 6.07) is 6.02. The Morgan fingerprint density at radius 3 is 3.00 bits per heavy atom. The first kappa shape index (κ1) is 17.9. The molecule has 3 rings (SSSR count). The summed E-state index contributed by atoms with van der Waals surface area (Å²) < 4.78 is 3.09. The van der Waals surface area contributed by atoms with Gasteiger partial charge >= 0.3 is 0 Å². The van der Waals surface area contributed by atoms with Gasteiger partial charge in [0.15, 0.2) is 0 Å². The van der Waals surface area contributed by atoms with Crippen LogP contribution in [0.2, 0.25) is 0 Å². The smallest absolute Gasteiger partial charge is 0.253 e. The number of fused-ring (bicyclic) bond motifs is 1. The third kappa shape index (κ3) is 4.41. The lowest BCUT2D eigenvalue weighted by atomic mass is 10.1. The van der Waals surface area contributed by atoms with Crippen molar-refractivity contribution in [3.63, 3.8) is 0 Å². The summed E-state index contributed by atoms with van der Waals surface area (Å²) in [5, 5.41) is 7.28. The van der Waals surface area contributed by atoms with Crippen LogP contribution in [-0.4, -0.2) is 61.5 Å². The second kappa shape index (κ2) is 8.01. The van der Waals surface area contributed by atoms with Gasteiger partial charge in [-0.1, -0.05) is 22.0 Å². The van der Waals surface area contributed by atoms with Gasteiger partial charge in [-0.05, 0) is 39.2 Å². The maximum absolute atomic E-state index is 12.6. The van der Waals surface area contributed by atoms with Gasteiger partial charge < -0.3 is 20.1 Å². The quantitative estimate of drug-likeness (QED) is 0.693. The van der Waals surface area contributed by atoms with Crippen molar-refractivity contribution < 1.29 is 4.79 Å². The molecule has 1 aliphatic heterocycles. The molecule has 7 heteroatoms. The van der Waals surface area contributed by atoms with E-state index < -0.39 is 0 Å². The van der Waals surface area contributed by atoms with Crippen LogP contribution in [-0.2, 0) is 6.54 Å². The van der Waals surface area contributed by atoms with Gasteiger partial charge in [0.05, 0.1) is 24.2 Å². The Kier molecular flexibility index (Phi) is 5.75. The zero-order valence-electron chi connectivity index (χ0n) is 14.7. The molecule has 0 atom stereocenters. The van der Waals surface area contributed by atoms with E-state index in [2.05, 4.69) is 41.0 Å². The van der Waals surface area contributed by atoms with Crippen molar-refractivity contribution >= 4 is 38.6 Å². The largest absolute Gasteiger partial charge is 0.370 e. The van der Waals surface area contributed by atoms with Crippen molar-refractivity contribution in [2.24, 2.45) is 4.99 Å². The van der Waals surface area contributed by atoms with Crippen LogP contribution in [0.25, 0.3) is 10.9 Å². The normalized spacial score (nSPS) is 14.0. The van der Waals surface area contributed by atoms with Gasteiger partial charge in [0.2, 0.25) is 0 Å². The molecule has 0 aliphatic carbocycles. The molecule has 134 valence electrons. The first-order valence-corrected chi connectivity index (χ1v) is 9.32. The van der Waals surface area contributed by atoms with Crippen LogP contribution >= 0.6 is 15.9 Å². The average Bonchev–Trinajstić information content (AvgIpc) is 3.20. The number of aliphatic imine (C=N–C) groups is 1. The number of hydrogen-bond donors (Lipinski definition) is 2. The summed E-state index contributed by atoms with van der Waals surface area (Å²) in [4.78, 5) is 19.2. The first-order chi connectivity index (χ1) is 12.0. The van der Waals surface area contributed by atoms with Gasteiger partial charge in [0, 0.05) is 29.1 Å². The monoisotopic (exact) mass is 405 g/mol. The molecule has 0 radical (unpaired) electrons. The van der Waals surface area contributed by atoms with Crippen molar-refractivity contribution in [1.29, 1.82) is 0 Å². The van der Waals surface area contributed by atoms with Gasteiger partial charge in [-0.2, -0.15) is 0 Å². The number of hydrogen-bond acceptors (Lipinski definition) is 4. The van der Waals surface area contributed by atoms with Crippen molar-refractivity contribution in [2.75, 3.05) is 40.3 Å². The van der Waals surface area contributed by atoms with E-state index in [4.69, 9.17) is 0 Å². The second-order valence-corrected chi connectivity index (χ2v) is 7.42. The van der Waals surface area contributed by atoms with Crippen LogP contribution in [0.5, 0.6) is 0 Å². The number of carbonyl (C=O) groups is 1. The van der Waals surface area contributed by atoms with E-state index >= 15 is 0 Å². The van der Waals surface area contributed by atoms with Crippen LogP contribution in [0.15, 0.2) is 33.9 Å². The Labute approximate surface area is 156 Å². The summed E-state index contributed by atoms with van der Waals surface area (Å²) >= 11 is 3.53. The number of halogens is 1. The fourth-order valence-electron chi connectivity index (χ4n) is 2.98. The highest BCUT2D eigenvalue weighted by Crippen LogP contribution is 2.25. The SMILES string of the molecule is CN(C)CCCNC(=O)c1cn(CC2=NCCN2)c2cc(Br)ccc12. The van der Waals surface area contributed by atoms with Gasteiger partial charge in [-0.25, -0.2) is 0 Å². The molecule has 6 nitrogen and oxygen atoms in total. The van der Waals surface area contributed by atoms with Crippen LogP contribution in [0.4, 0.5) is 0 Å². The Morgan fingerprint density at radius 1 is 1.44 bits per heavy atom. The summed E-state index contributed by atoms with van der Waals surface area (Å²) in [6.07, 6.45) is 2.87. The molecule has 2 N–H and O–H groups in total. The molecule has 0 unspecified atom stereocenters. The number of nitrogens with zero attached hydrogens (tertiary/aromatic N) is 3. The Balaban J connectivity index is 1.81. The lowest BCUT2D eigenvalue weighted by Gasteiger charge is -2.09. The lowest BCUT2D eigenvalue weighted by molar-refractivity contribution is 0.0954. The van der Waals surface area contributed by atoms with Crippen LogP contribution in [0, 0.1) is 0 Å². The molecule has 2 aromatic rings. The van der Waals surface area contributed by atoms with Gasteiger partial charge in [-0.3, -0.25) is 9.79 Å². The predicted molar refractivity (Wildman–Crippen MR) is 105 cm³/mol. The highest BCUT2D eigenvalue weighted by atomic mass is 79.9. The number of amidine groups is 1. The summed E-state index contributed by atoms with van der Waals surface area (Å²) in [7, 11) is 4.07. The third-order valence-electron chi connectivity index (χ3n) is 4.22. The standard InChI is InChI=1S/C18H24BrN5O/c1-23(2)9-3-6-22-18(25)15-11-24(12-17-20-7-8-21-17)16-10-13(19)4-5-14(15)16/h4-5,10-11H,3,6-9,12H2,1-2H3,(H,20,21)(H,22,25). The van der Waals surface area contributed by atoms with Crippen molar-refractivity contribution in [3.8, 4) is 0 Å².